The van der Waals surface area contributed by atoms with Crippen molar-refractivity contribution in [3.63, 3.8) is 0 Å². The molecular weight excluding hydrogens is 502 g/mol. The molecule has 1 aliphatic carbocycles. The van der Waals surface area contributed by atoms with E-state index < -0.39 is 23.7 Å². The summed E-state index contributed by atoms with van der Waals surface area (Å²) in [5, 5.41) is 13.8. The first-order valence-electron chi connectivity index (χ1n) is 13.5. The first-order valence-corrected chi connectivity index (χ1v) is 14.3. The lowest BCUT2D eigenvalue weighted by molar-refractivity contribution is -0.152. The Hall–Kier alpha value is -3.04. The molecule has 3 fully saturated rings. The highest BCUT2D eigenvalue weighted by Crippen LogP contribution is 2.37. The Morgan fingerprint density at radius 1 is 1.08 bits per heavy atom. The van der Waals surface area contributed by atoms with Gasteiger partial charge in [-0.05, 0) is 62.1 Å². The molecule has 1 aromatic carbocycles. The van der Waals surface area contributed by atoms with Gasteiger partial charge in [-0.2, -0.15) is 0 Å². The van der Waals surface area contributed by atoms with Crippen LogP contribution in [0.3, 0.4) is 0 Å². The van der Waals surface area contributed by atoms with Crippen molar-refractivity contribution in [2.45, 2.75) is 76.1 Å². The van der Waals surface area contributed by atoms with Gasteiger partial charge >= 0.3 is 0 Å². The maximum absolute atomic E-state index is 13.8. The van der Waals surface area contributed by atoms with Crippen LogP contribution >= 0.6 is 11.3 Å². The standard InChI is InChI=1S/C29H35N3O5S/c1-18(2)16-20(30-26(34)24-11-10-23(38-24)19-8-4-3-5-9-19)27(35)31-15-12-21-25(31)22(33)17-32(21)28(36)29(37)13-6-7-14-29/h3-5,8-11,18,20-21,25,37H,6-7,12-17H2,1-2H3,(H,30,34). The van der Waals surface area contributed by atoms with Gasteiger partial charge in [0.2, 0.25) is 5.91 Å². The van der Waals surface area contributed by atoms with Gasteiger partial charge in [-0.3, -0.25) is 19.2 Å². The van der Waals surface area contributed by atoms with Crippen LogP contribution in [0.1, 0.15) is 62.0 Å². The van der Waals surface area contributed by atoms with Crippen molar-refractivity contribution >= 4 is 34.8 Å². The number of amides is 3. The van der Waals surface area contributed by atoms with Crippen LogP contribution in [0.15, 0.2) is 42.5 Å². The number of carbonyl (C=O) groups excluding carboxylic acids is 4. The van der Waals surface area contributed by atoms with Crippen LogP contribution in [0.5, 0.6) is 0 Å². The quantitative estimate of drug-likeness (QED) is 0.564. The number of nitrogens with one attached hydrogen (secondary N) is 1. The highest BCUT2D eigenvalue weighted by atomic mass is 32.1. The number of aliphatic hydroxyl groups is 1. The zero-order valence-electron chi connectivity index (χ0n) is 21.9. The molecule has 0 spiro atoms. The van der Waals surface area contributed by atoms with E-state index in [1.54, 1.807) is 11.0 Å². The van der Waals surface area contributed by atoms with Gasteiger partial charge in [-0.1, -0.05) is 44.2 Å². The molecule has 2 N–H and O–H groups in total. The van der Waals surface area contributed by atoms with Crippen LogP contribution in [0, 0.1) is 5.92 Å². The Morgan fingerprint density at radius 3 is 2.47 bits per heavy atom. The summed E-state index contributed by atoms with van der Waals surface area (Å²) in [6.07, 6.45) is 3.32. The number of fused-ring (bicyclic) bond motifs is 1. The molecule has 2 aromatic rings. The summed E-state index contributed by atoms with van der Waals surface area (Å²) in [6, 6.07) is 11.5. The molecule has 5 rings (SSSR count). The second-order valence-electron chi connectivity index (χ2n) is 11.2. The minimum Gasteiger partial charge on any atom is -0.380 e. The molecule has 3 atom stereocenters. The molecule has 202 valence electrons. The van der Waals surface area contributed by atoms with E-state index in [-0.39, 0.29) is 36.0 Å². The normalized spacial score (nSPS) is 23.1. The van der Waals surface area contributed by atoms with E-state index in [9.17, 15) is 24.3 Å². The zero-order valence-corrected chi connectivity index (χ0v) is 22.7. The highest BCUT2D eigenvalue weighted by Gasteiger charge is 2.55. The Balaban J connectivity index is 1.30. The average Bonchev–Trinajstić information content (AvgIpc) is 3.69. The maximum Gasteiger partial charge on any atom is 0.262 e. The van der Waals surface area contributed by atoms with E-state index in [0.717, 1.165) is 23.3 Å². The fourth-order valence-corrected chi connectivity index (χ4v) is 7.03. The van der Waals surface area contributed by atoms with E-state index in [4.69, 9.17) is 0 Å². The van der Waals surface area contributed by atoms with Crippen LogP contribution in [-0.4, -0.2) is 75.2 Å². The first kappa shape index (κ1) is 26.6. The average molecular weight is 538 g/mol. The third kappa shape index (κ3) is 5.01. The van der Waals surface area contributed by atoms with Crippen molar-refractivity contribution in [2.75, 3.05) is 13.1 Å². The summed E-state index contributed by atoms with van der Waals surface area (Å²) < 4.78 is 0. The van der Waals surface area contributed by atoms with Crippen LogP contribution in [0.4, 0.5) is 0 Å². The largest absolute Gasteiger partial charge is 0.380 e. The molecule has 2 aliphatic heterocycles. The maximum atomic E-state index is 13.8. The molecule has 1 saturated carbocycles. The van der Waals surface area contributed by atoms with Crippen molar-refractivity contribution in [3.8, 4) is 10.4 Å². The second-order valence-corrected chi connectivity index (χ2v) is 12.2. The van der Waals surface area contributed by atoms with Gasteiger partial charge in [0.05, 0.1) is 17.5 Å². The predicted octanol–water partition coefficient (Wildman–Crippen LogP) is 3.25. The van der Waals surface area contributed by atoms with Gasteiger partial charge < -0.3 is 20.2 Å². The Labute approximate surface area is 227 Å². The number of benzene rings is 1. The number of rotatable bonds is 7. The van der Waals surface area contributed by atoms with Crippen LogP contribution in [0.2, 0.25) is 0 Å². The smallest absolute Gasteiger partial charge is 0.262 e. The van der Waals surface area contributed by atoms with Crippen molar-refractivity contribution in [3.05, 3.63) is 47.3 Å². The topological polar surface area (TPSA) is 107 Å². The zero-order chi connectivity index (χ0) is 27.0. The Kier molecular flexibility index (Phi) is 7.42. The molecule has 3 unspecified atom stereocenters. The van der Waals surface area contributed by atoms with E-state index in [2.05, 4.69) is 5.32 Å². The van der Waals surface area contributed by atoms with Crippen LogP contribution in [0.25, 0.3) is 10.4 Å². The number of nitrogens with zero attached hydrogens (tertiary/aromatic N) is 2. The summed E-state index contributed by atoms with van der Waals surface area (Å²) in [7, 11) is 0. The number of Topliss-reactive ketones (excluding diaryl/α,β-unsaturated/α-hetero) is 1. The molecule has 2 saturated heterocycles. The molecule has 3 aliphatic rings. The lowest BCUT2D eigenvalue weighted by Gasteiger charge is -2.31. The Morgan fingerprint density at radius 2 is 1.79 bits per heavy atom. The summed E-state index contributed by atoms with van der Waals surface area (Å²) in [5.41, 5.74) is -0.379. The minimum absolute atomic E-state index is 0.0844. The molecule has 9 heteroatoms. The third-order valence-electron chi connectivity index (χ3n) is 7.99. The van der Waals surface area contributed by atoms with E-state index in [0.29, 0.717) is 37.1 Å². The number of likely N-dealkylation sites (tertiary alicyclic amines) is 2. The van der Waals surface area contributed by atoms with Gasteiger partial charge in [0.1, 0.15) is 17.7 Å². The molecular formula is C29H35N3O5S. The molecule has 0 bridgehead atoms. The lowest BCUT2D eigenvalue weighted by atomic mass is 9.99. The number of hydrogen-bond acceptors (Lipinski definition) is 6. The number of thiophene rings is 1. The summed E-state index contributed by atoms with van der Waals surface area (Å²) in [4.78, 5) is 57.8. The van der Waals surface area contributed by atoms with Gasteiger partial charge in [0, 0.05) is 11.4 Å². The highest BCUT2D eigenvalue weighted by molar-refractivity contribution is 7.17. The number of carbonyl (C=O) groups is 4. The number of hydrogen-bond donors (Lipinski definition) is 2. The molecule has 3 amide bonds. The molecule has 3 heterocycles. The summed E-state index contributed by atoms with van der Waals surface area (Å²) in [5.74, 6) is -1.04. The van der Waals surface area contributed by atoms with Crippen molar-refractivity contribution in [1.82, 2.24) is 15.1 Å². The SMILES string of the molecule is CC(C)CC(NC(=O)c1ccc(-c2ccccc2)s1)C(=O)N1CCC2C1C(=O)CN2C(=O)C1(O)CCCC1. The second kappa shape index (κ2) is 10.6. The van der Waals surface area contributed by atoms with Gasteiger partial charge in [-0.25, -0.2) is 0 Å². The third-order valence-corrected chi connectivity index (χ3v) is 9.13. The Bertz CT molecular complexity index is 1220. The van der Waals surface area contributed by atoms with Crippen LogP contribution in [-0.2, 0) is 14.4 Å². The van der Waals surface area contributed by atoms with E-state index in [1.807, 2.05) is 50.2 Å². The molecule has 0 radical (unpaired) electrons. The summed E-state index contributed by atoms with van der Waals surface area (Å²) >= 11 is 1.37. The van der Waals surface area contributed by atoms with Gasteiger partial charge in [0.15, 0.2) is 5.78 Å². The minimum atomic E-state index is -1.40. The first-order chi connectivity index (χ1) is 18.2. The fraction of sp³-hybridized carbons (Fsp3) is 0.517. The van der Waals surface area contributed by atoms with Crippen LogP contribution < -0.4 is 5.32 Å². The summed E-state index contributed by atoms with van der Waals surface area (Å²) in [6.45, 7) is 4.23. The van der Waals surface area contributed by atoms with E-state index >= 15 is 0 Å². The van der Waals surface area contributed by atoms with Crippen molar-refractivity contribution < 1.29 is 24.3 Å². The molecule has 1 aromatic heterocycles. The van der Waals surface area contributed by atoms with Crippen molar-refractivity contribution in [2.24, 2.45) is 5.92 Å². The predicted molar refractivity (Wildman–Crippen MR) is 145 cm³/mol. The number of ketones is 1. The fourth-order valence-electron chi connectivity index (χ4n) is 6.12. The lowest BCUT2D eigenvalue weighted by Crippen LogP contribution is -2.53. The molecule has 8 nitrogen and oxygen atoms in total. The monoisotopic (exact) mass is 537 g/mol. The van der Waals surface area contributed by atoms with Gasteiger partial charge in [-0.15, -0.1) is 11.3 Å². The van der Waals surface area contributed by atoms with E-state index in [1.165, 1.54) is 16.2 Å². The van der Waals surface area contributed by atoms with Crippen molar-refractivity contribution in [1.29, 1.82) is 0 Å². The molecule has 38 heavy (non-hydrogen) atoms. The van der Waals surface area contributed by atoms with Gasteiger partial charge in [0.25, 0.3) is 11.8 Å².